The van der Waals surface area contributed by atoms with Crippen LogP contribution in [0.5, 0.6) is 5.75 Å². The Morgan fingerprint density at radius 2 is 1.55 bits per heavy atom. The molecule has 0 spiro atoms. The van der Waals surface area contributed by atoms with E-state index in [4.69, 9.17) is 20.8 Å². The number of carbonyl (C=O) groups is 6. The highest BCUT2D eigenvalue weighted by atomic mass is 35.5. The van der Waals surface area contributed by atoms with Crippen molar-refractivity contribution in [3.05, 3.63) is 83.8 Å². The van der Waals surface area contributed by atoms with Crippen molar-refractivity contribution in [1.29, 1.82) is 0 Å². The molecule has 1 unspecified atom stereocenters. The summed E-state index contributed by atoms with van der Waals surface area (Å²) in [6, 6.07) is 13.0. The van der Waals surface area contributed by atoms with Crippen LogP contribution in [-0.2, 0) is 28.4 Å². The Kier molecular flexibility index (Phi) is 13.9. The normalized spacial score (nSPS) is 13.4. The summed E-state index contributed by atoms with van der Waals surface area (Å²) < 4.78 is 14.1. The Morgan fingerprint density at radius 3 is 2.26 bits per heavy atom. The van der Waals surface area contributed by atoms with Gasteiger partial charge in [0.05, 0.1) is 11.4 Å². The molecule has 1 aliphatic rings. The lowest BCUT2D eigenvalue weighted by Gasteiger charge is -2.19. The molecule has 62 heavy (non-hydrogen) atoms. The van der Waals surface area contributed by atoms with Crippen molar-refractivity contribution >= 4 is 81.1 Å². The first-order valence-corrected chi connectivity index (χ1v) is 20.6. The molecule has 6 amide bonds. The number of fused-ring (bicyclic) bond motifs is 2. The van der Waals surface area contributed by atoms with Crippen LogP contribution >= 0.6 is 11.6 Å². The fourth-order valence-electron chi connectivity index (χ4n) is 6.88. The predicted molar refractivity (Wildman–Crippen MR) is 233 cm³/mol. The first-order chi connectivity index (χ1) is 29.5. The molecule has 4 heterocycles. The summed E-state index contributed by atoms with van der Waals surface area (Å²) >= 11 is 6.16. The number of unbranched alkanes of at least 4 members (excludes halogenated alkanes) is 1. The molecular formula is C43H50ClN9O9. The summed E-state index contributed by atoms with van der Waals surface area (Å²) in [5.74, 6) is -1.35. The van der Waals surface area contributed by atoms with Crippen LogP contribution < -0.4 is 31.5 Å². The number of anilines is 4. The van der Waals surface area contributed by atoms with E-state index in [1.165, 1.54) is 32.4 Å². The lowest BCUT2D eigenvalue weighted by molar-refractivity contribution is -0.117. The van der Waals surface area contributed by atoms with Crippen molar-refractivity contribution in [2.45, 2.75) is 64.4 Å². The van der Waals surface area contributed by atoms with Crippen molar-refractivity contribution in [3.8, 4) is 5.75 Å². The van der Waals surface area contributed by atoms with E-state index >= 15 is 0 Å². The SMILES string of the molecule is Cn1cc(NC(=O)CCCC(=O)Nc2ccc3oc(C(=O)N4CC(CCl)c5ccc(O)cc54)cc3c2)cc1C(=O)Nc1cn(C)c(C(=O)NCCCCNC(=O)OC(C)(C)C)n1. The van der Waals surface area contributed by atoms with Gasteiger partial charge in [0.1, 0.15) is 22.6 Å². The Morgan fingerprint density at radius 1 is 0.839 bits per heavy atom. The van der Waals surface area contributed by atoms with E-state index in [1.807, 2.05) is 0 Å². The number of alkyl carbamates (subject to hydrolysis) is 1. The number of benzene rings is 2. The number of carbonyl (C=O) groups excluding carboxylic acids is 6. The van der Waals surface area contributed by atoms with Gasteiger partial charge in [-0.1, -0.05) is 6.07 Å². The molecule has 328 valence electrons. The summed E-state index contributed by atoms with van der Waals surface area (Å²) in [5.41, 5.74) is 2.42. The summed E-state index contributed by atoms with van der Waals surface area (Å²) in [7, 11) is 3.27. The Balaban J connectivity index is 0.922. The van der Waals surface area contributed by atoms with Gasteiger partial charge in [-0.05, 0) is 82.0 Å². The lowest BCUT2D eigenvalue weighted by Crippen LogP contribution is -2.33. The van der Waals surface area contributed by atoms with Gasteiger partial charge in [-0.2, -0.15) is 0 Å². The number of phenolic OH excluding ortho intramolecular Hbond substituents is 1. The monoisotopic (exact) mass is 871 g/mol. The molecule has 19 heteroatoms. The maximum absolute atomic E-state index is 13.5. The highest BCUT2D eigenvalue weighted by Gasteiger charge is 2.34. The fraction of sp³-hybridized carbons (Fsp3) is 0.372. The number of aryl methyl sites for hydroxylation is 2. The molecule has 0 radical (unpaired) electrons. The molecule has 2 aromatic carbocycles. The number of ether oxygens (including phenoxy) is 1. The van der Waals surface area contributed by atoms with Gasteiger partial charge in [0.15, 0.2) is 11.6 Å². The van der Waals surface area contributed by atoms with E-state index in [2.05, 4.69) is 31.6 Å². The van der Waals surface area contributed by atoms with Gasteiger partial charge in [-0.25, -0.2) is 9.78 Å². The Hall–Kier alpha value is -6.82. The quantitative estimate of drug-likeness (QED) is 0.0484. The van der Waals surface area contributed by atoms with Crippen LogP contribution in [-0.4, -0.2) is 86.0 Å². The van der Waals surface area contributed by atoms with Gasteiger partial charge in [-0.15, -0.1) is 11.6 Å². The number of hydrogen-bond acceptors (Lipinski definition) is 10. The average Bonchev–Trinajstić information content (AvgIpc) is 3.98. The number of alkyl halides is 1. The Labute approximate surface area is 362 Å². The number of halogens is 1. The van der Waals surface area contributed by atoms with Crippen LogP contribution in [0.1, 0.15) is 96.0 Å². The van der Waals surface area contributed by atoms with Crippen molar-refractivity contribution in [3.63, 3.8) is 0 Å². The van der Waals surface area contributed by atoms with E-state index in [0.29, 0.717) is 66.4 Å². The number of imidazole rings is 1. The molecule has 0 fully saturated rings. The minimum absolute atomic E-state index is 0.0372. The summed E-state index contributed by atoms with van der Waals surface area (Å²) in [6.45, 7) is 6.45. The standard InChI is InChI=1S/C43H50ClN9O9/c1-43(2,3)62-42(60)46-16-7-6-15-45-40(58)38-49-35(24-52(38)5)50-39(57)32-19-28(23-51(32)4)48-37(56)10-8-9-36(55)47-27-11-14-33-25(17-27)18-34(61-33)41(59)53-22-26(21-44)30-13-12-29(54)20-31(30)53/h11-14,17-20,23-24,26,54H,6-10,15-16,21-22H2,1-5H3,(H,45,58)(H,46,60)(H,47,55)(H,48,56)(H,50,57). The zero-order chi connectivity index (χ0) is 44.7. The number of nitrogens with zero attached hydrogens (tertiary/aromatic N) is 4. The third kappa shape index (κ3) is 11.3. The number of amides is 6. The van der Waals surface area contributed by atoms with Gasteiger partial charge >= 0.3 is 6.09 Å². The molecule has 0 aliphatic carbocycles. The highest BCUT2D eigenvalue weighted by molar-refractivity contribution is 6.19. The maximum Gasteiger partial charge on any atom is 0.407 e. The van der Waals surface area contributed by atoms with Crippen LogP contribution in [0.25, 0.3) is 11.0 Å². The van der Waals surface area contributed by atoms with Gasteiger partial charge < -0.3 is 54.9 Å². The van der Waals surface area contributed by atoms with Crippen LogP contribution in [0.3, 0.4) is 0 Å². The molecule has 18 nitrogen and oxygen atoms in total. The molecule has 0 saturated carbocycles. The van der Waals surface area contributed by atoms with Crippen molar-refractivity contribution in [1.82, 2.24) is 24.8 Å². The molecule has 0 saturated heterocycles. The third-order valence-corrected chi connectivity index (χ3v) is 10.2. The maximum atomic E-state index is 13.5. The topological polar surface area (TPSA) is 231 Å². The number of nitrogens with one attached hydrogen (secondary N) is 5. The first-order valence-electron chi connectivity index (χ1n) is 20.1. The average molecular weight is 872 g/mol. The van der Waals surface area contributed by atoms with Gasteiger partial charge in [0.25, 0.3) is 17.7 Å². The van der Waals surface area contributed by atoms with E-state index in [0.717, 1.165) is 5.56 Å². The molecule has 6 N–H and O–H groups in total. The predicted octanol–water partition coefficient (Wildman–Crippen LogP) is 6.23. The number of furan rings is 1. The van der Waals surface area contributed by atoms with Gasteiger partial charge in [0.2, 0.25) is 17.6 Å². The van der Waals surface area contributed by atoms with Crippen molar-refractivity contribution in [2.24, 2.45) is 14.1 Å². The molecule has 1 aliphatic heterocycles. The van der Waals surface area contributed by atoms with Gasteiger partial charge in [0, 0.05) is 87.9 Å². The van der Waals surface area contributed by atoms with Crippen LogP contribution in [0, 0.1) is 0 Å². The molecular weight excluding hydrogens is 822 g/mol. The molecule has 3 aromatic heterocycles. The summed E-state index contributed by atoms with van der Waals surface area (Å²) in [6.07, 6.45) is 4.17. The number of aromatic hydroxyl groups is 1. The molecule has 1 atom stereocenters. The summed E-state index contributed by atoms with van der Waals surface area (Å²) in [5, 5.41) is 24.3. The molecule has 6 rings (SSSR count). The second kappa shape index (κ2) is 19.3. The third-order valence-electron chi connectivity index (χ3n) is 9.80. The van der Waals surface area contributed by atoms with E-state index in [1.54, 1.807) is 77.5 Å². The fourth-order valence-corrected chi connectivity index (χ4v) is 7.14. The lowest BCUT2D eigenvalue weighted by atomic mass is 10.0. The van der Waals surface area contributed by atoms with E-state index in [9.17, 15) is 33.9 Å². The minimum Gasteiger partial charge on any atom is -0.508 e. The smallest absolute Gasteiger partial charge is 0.407 e. The second-order valence-corrected chi connectivity index (χ2v) is 16.3. The molecule has 5 aromatic rings. The zero-order valence-corrected chi connectivity index (χ0v) is 35.9. The zero-order valence-electron chi connectivity index (χ0n) is 35.1. The second-order valence-electron chi connectivity index (χ2n) is 16.0. The number of phenols is 1. The number of rotatable bonds is 16. The van der Waals surface area contributed by atoms with Gasteiger partial charge in [-0.3, -0.25) is 24.0 Å². The van der Waals surface area contributed by atoms with Crippen LogP contribution in [0.15, 0.2) is 65.3 Å². The van der Waals surface area contributed by atoms with Crippen LogP contribution in [0.2, 0.25) is 0 Å². The summed E-state index contributed by atoms with van der Waals surface area (Å²) in [4.78, 5) is 82.5. The minimum atomic E-state index is -0.583. The highest BCUT2D eigenvalue weighted by Crippen LogP contribution is 2.40. The number of hydrogen-bond donors (Lipinski definition) is 6. The largest absolute Gasteiger partial charge is 0.508 e. The Bertz CT molecular complexity index is 2500. The van der Waals surface area contributed by atoms with E-state index in [-0.39, 0.29) is 71.7 Å². The van der Waals surface area contributed by atoms with E-state index < -0.39 is 23.5 Å². The van der Waals surface area contributed by atoms with Crippen molar-refractivity contribution in [2.75, 3.05) is 46.4 Å². The van der Waals surface area contributed by atoms with Crippen molar-refractivity contribution < 1.29 is 43.0 Å². The first kappa shape index (κ1) is 44.7. The molecule has 0 bridgehead atoms. The van der Waals surface area contributed by atoms with Crippen LogP contribution in [0.4, 0.5) is 27.7 Å². The number of aromatic nitrogens is 3.